The molecule has 0 saturated carbocycles. The molecule has 0 bridgehead atoms. The SMILES string of the molecule is FC(F)(F)C(F)(N=NC(Cl)(C(F)(F)F)C(F)(F)F)C(F)(F)F. The van der Waals surface area contributed by atoms with Crippen molar-refractivity contribution < 1.29 is 57.1 Å². The molecule has 0 spiro atoms. The maximum atomic E-state index is 12.8. The lowest BCUT2D eigenvalue weighted by Gasteiger charge is -2.29. The Hall–Kier alpha value is -1.02. The Kier molecular flexibility index (Phi) is 5.02. The number of nitrogens with zero attached hydrogens (tertiary/aromatic N) is 2. The van der Waals surface area contributed by atoms with E-state index in [1.165, 1.54) is 0 Å². The summed E-state index contributed by atoms with van der Waals surface area (Å²) in [6, 6.07) is 0. The average molecular weight is 383 g/mol. The molecule has 0 fully saturated rings. The van der Waals surface area contributed by atoms with Gasteiger partial charge in [0.05, 0.1) is 0 Å². The molecule has 0 aromatic carbocycles. The third-order valence-electron chi connectivity index (χ3n) is 1.83. The Morgan fingerprint density at radius 1 is 0.455 bits per heavy atom. The van der Waals surface area contributed by atoms with Crippen molar-refractivity contribution in [2.45, 2.75) is 35.5 Å². The molecule has 0 amide bonds. The molecule has 0 aliphatic heterocycles. The van der Waals surface area contributed by atoms with Crippen LogP contribution in [0, 0.1) is 0 Å². The molecule has 132 valence electrons. The van der Waals surface area contributed by atoms with E-state index in [4.69, 9.17) is 0 Å². The number of azo groups is 1. The maximum Gasteiger partial charge on any atom is 0.455 e. The topological polar surface area (TPSA) is 24.7 Å². The lowest BCUT2D eigenvalue weighted by molar-refractivity contribution is -0.342. The molecule has 0 aliphatic rings. The zero-order valence-corrected chi connectivity index (χ0v) is 9.94. The van der Waals surface area contributed by atoms with Crippen molar-refractivity contribution in [3.05, 3.63) is 0 Å². The van der Waals surface area contributed by atoms with Gasteiger partial charge in [-0.05, 0) is 0 Å². The molecular weight excluding hydrogens is 383 g/mol. The van der Waals surface area contributed by atoms with Crippen LogP contribution in [0.5, 0.6) is 0 Å². The second-order valence-corrected chi connectivity index (χ2v) is 3.98. The smallest absolute Gasteiger partial charge is 0.195 e. The molecule has 0 saturated heterocycles. The minimum Gasteiger partial charge on any atom is -0.195 e. The largest absolute Gasteiger partial charge is 0.455 e. The minimum atomic E-state index is -7.04. The molecule has 22 heavy (non-hydrogen) atoms. The third kappa shape index (κ3) is 3.48. The van der Waals surface area contributed by atoms with Gasteiger partial charge in [0.25, 0.3) is 0 Å². The lowest BCUT2D eigenvalue weighted by atomic mass is 10.2. The molecule has 0 aromatic rings. The highest BCUT2D eigenvalue weighted by Crippen LogP contribution is 2.52. The van der Waals surface area contributed by atoms with Crippen LogP contribution < -0.4 is 0 Å². The molecule has 0 N–H and O–H groups in total. The van der Waals surface area contributed by atoms with E-state index in [0.717, 1.165) is 5.11 Å². The Morgan fingerprint density at radius 2 is 0.727 bits per heavy atom. The number of halogens is 14. The van der Waals surface area contributed by atoms with Crippen LogP contribution in [0.15, 0.2) is 10.2 Å². The van der Waals surface area contributed by atoms with Gasteiger partial charge in [-0.2, -0.15) is 57.1 Å². The standard InChI is InChI=1S/C6ClF13N2/c7-1(3(9,10)11,4(12,13)14)21-22-2(8,5(15,16)17)6(18,19)20. The van der Waals surface area contributed by atoms with Crippen molar-refractivity contribution in [3.63, 3.8) is 0 Å². The first-order chi connectivity index (χ1) is 9.21. The molecule has 0 atom stereocenters. The van der Waals surface area contributed by atoms with Gasteiger partial charge < -0.3 is 0 Å². The first kappa shape index (κ1) is 21.0. The highest BCUT2D eigenvalue weighted by atomic mass is 35.5. The number of rotatable bonds is 2. The summed E-state index contributed by atoms with van der Waals surface area (Å²) in [7, 11) is 0. The Labute approximate surface area is 115 Å². The van der Waals surface area contributed by atoms with Crippen LogP contribution in [0.2, 0.25) is 0 Å². The summed E-state index contributed by atoms with van der Waals surface area (Å²) >= 11 is 3.89. The molecule has 0 rings (SSSR count). The van der Waals surface area contributed by atoms with Crippen molar-refractivity contribution in [1.29, 1.82) is 0 Å². The second-order valence-electron chi connectivity index (χ2n) is 3.44. The van der Waals surface area contributed by atoms with Crippen molar-refractivity contribution in [2.75, 3.05) is 0 Å². The summed E-state index contributed by atoms with van der Waals surface area (Å²) in [5.41, 5.74) is 0. The lowest BCUT2D eigenvalue weighted by Crippen LogP contribution is -2.54. The molecular formula is C6ClF13N2. The van der Waals surface area contributed by atoms with Gasteiger partial charge in [-0.3, -0.25) is 0 Å². The number of alkyl halides is 14. The van der Waals surface area contributed by atoms with Gasteiger partial charge in [-0.15, -0.1) is 10.2 Å². The Balaban J connectivity index is 6.18. The highest BCUT2D eigenvalue weighted by molar-refractivity contribution is 6.25. The van der Waals surface area contributed by atoms with Gasteiger partial charge in [0.15, 0.2) is 0 Å². The molecule has 0 radical (unpaired) electrons. The summed E-state index contributed by atoms with van der Waals surface area (Å²) < 4.78 is 157. The second kappa shape index (κ2) is 5.26. The Morgan fingerprint density at radius 3 is 0.909 bits per heavy atom. The predicted molar refractivity (Wildman–Crippen MR) is 41.5 cm³/mol. The van der Waals surface area contributed by atoms with Crippen LogP contribution in [0.25, 0.3) is 0 Å². The normalized spacial score (nSPS) is 16.5. The fourth-order valence-corrected chi connectivity index (χ4v) is 0.724. The van der Waals surface area contributed by atoms with E-state index in [2.05, 4.69) is 11.6 Å². The van der Waals surface area contributed by atoms with Gasteiger partial charge in [0.1, 0.15) is 0 Å². The zero-order chi connectivity index (χ0) is 18.4. The fraction of sp³-hybridized carbons (Fsp3) is 1.00. The molecule has 0 aromatic heterocycles. The van der Waals surface area contributed by atoms with Gasteiger partial charge in [-0.25, -0.2) is 0 Å². The first-order valence-electron chi connectivity index (χ1n) is 4.29. The third-order valence-corrected chi connectivity index (χ3v) is 2.33. The molecule has 0 aliphatic carbocycles. The summed E-state index contributed by atoms with van der Waals surface area (Å²) in [6.07, 6.45) is -27.5. The van der Waals surface area contributed by atoms with Gasteiger partial charge in [0.2, 0.25) is 0 Å². The van der Waals surface area contributed by atoms with Crippen molar-refractivity contribution >= 4 is 11.6 Å². The van der Waals surface area contributed by atoms with E-state index < -0.39 is 35.5 Å². The van der Waals surface area contributed by atoms with E-state index in [9.17, 15) is 57.1 Å². The molecule has 16 heteroatoms. The molecule has 0 unspecified atom stereocenters. The van der Waals surface area contributed by atoms with Crippen LogP contribution in [0.4, 0.5) is 57.1 Å². The summed E-state index contributed by atoms with van der Waals surface area (Å²) in [6.45, 7) is 0. The molecule has 2 nitrogen and oxygen atoms in total. The van der Waals surface area contributed by atoms with Crippen LogP contribution in [-0.4, -0.2) is 35.5 Å². The van der Waals surface area contributed by atoms with Gasteiger partial charge in [0, 0.05) is 0 Å². The average Bonchev–Trinajstić information content (AvgIpc) is 2.18. The van der Waals surface area contributed by atoms with E-state index in [0.29, 0.717) is 5.11 Å². The summed E-state index contributed by atoms with van der Waals surface area (Å²) in [5.74, 6) is -6.81. The van der Waals surface area contributed by atoms with E-state index in [-0.39, 0.29) is 0 Å². The van der Waals surface area contributed by atoms with Crippen LogP contribution in [-0.2, 0) is 0 Å². The van der Waals surface area contributed by atoms with Gasteiger partial charge in [-0.1, -0.05) is 11.6 Å². The summed E-state index contributed by atoms with van der Waals surface area (Å²) in [5, 5.41) is 1.27. The predicted octanol–water partition coefficient (Wildman–Crippen LogP) is 5.29. The summed E-state index contributed by atoms with van der Waals surface area (Å²) in [4.78, 5) is -5.99. The minimum absolute atomic E-state index is 0.540. The van der Waals surface area contributed by atoms with Crippen LogP contribution in [0.3, 0.4) is 0 Å². The molecule has 0 heterocycles. The van der Waals surface area contributed by atoms with E-state index >= 15 is 0 Å². The first-order valence-corrected chi connectivity index (χ1v) is 4.67. The number of hydrogen-bond acceptors (Lipinski definition) is 2. The highest BCUT2D eigenvalue weighted by Gasteiger charge is 2.76. The van der Waals surface area contributed by atoms with Crippen LogP contribution >= 0.6 is 11.6 Å². The van der Waals surface area contributed by atoms with Gasteiger partial charge >= 0.3 is 35.5 Å². The Bertz CT molecular complexity index is 358. The maximum absolute atomic E-state index is 12.8. The van der Waals surface area contributed by atoms with Crippen molar-refractivity contribution in [3.8, 4) is 0 Å². The van der Waals surface area contributed by atoms with E-state index in [1.807, 2.05) is 0 Å². The van der Waals surface area contributed by atoms with E-state index in [1.54, 1.807) is 0 Å². The number of hydrogen-bond donors (Lipinski definition) is 0. The zero-order valence-electron chi connectivity index (χ0n) is 9.19. The monoisotopic (exact) mass is 382 g/mol. The van der Waals surface area contributed by atoms with Crippen LogP contribution in [0.1, 0.15) is 0 Å². The quantitative estimate of drug-likeness (QED) is 0.268. The van der Waals surface area contributed by atoms with Crippen molar-refractivity contribution in [2.24, 2.45) is 10.2 Å². The van der Waals surface area contributed by atoms with Crippen molar-refractivity contribution in [1.82, 2.24) is 0 Å². The fourth-order valence-electron chi connectivity index (χ4n) is 0.686.